The van der Waals surface area contributed by atoms with Crippen molar-refractivity contribution in [3.63, 3.8) is 0 Å². The number of carbonyl (C=O) groups excluding carboxylic acids is 1. The Hall–Kier alpha value is -2.26. The van der Waals surface area contributed by atoms with Crippen molar-refractivity contribution in [2.75, 3.05) is 23.8 Å². The summed E-state index contributed by atoms with van der Waals surface area (Å²) in [5.74, 6) is 0.725. The first-order valence-corrected chi connectivity index (χ1v) is 10.8. The van der Waals surface area contributed by atoms with Gasteiger partial charge in [-0.25, -0.2) is 8.42 Å². The summed E-state index contributed by atoms with van der Waals surface area (Å²) in [7, 11) is -1.01. The number of rotatable bonds is 5. The van der Waals surface area contributed by atoms with Crippen LogP contribution in [-0.4, -0.2) is 34.6 Å². The van der Waals surface area contributed by atoms with E-state index in [-0.39, 0.29) is 22.5 Å². The fourth-order valence-corrected chi connectivity index (χ4v) is 5.57. The number of ether oxygens (including phenoxy) is 2. The SMILES string of the molecule is COc1ccc(OC)c(NS(=O)(=O)c2cc3c(cc2Br)CC(C)N3C(C)=O)c1. The zero-order valence-corrected chi connectivity index (χ0v) is 18.3. The molecule has 0 aromatic heterocycles. The minimum absolute atomic E-state index is 0.0243. The highest BCUT2D eigenvalue weighted by atomic mass is 79.9. The molecule has 150 valence electrons. The molecule has 28 heavy (non-hydrogen) atoms. The van der Waals surface area contributed by atoms with Crippen molar-refractivity contribution >= 4 is 43.2 Å². The highest BCUT2D eigenvalue weighted by Crippen LogP contribution is 2.39. The molecule has 1 heterocycles. The van der Waals surface area contributed by atoms with E-state index in [1.807, 2.05) is 6.92 Å². The number of hydrogen-bond donors (Lipinski definition) is 1. The number of halogens is 1. The number of nitrogens with zero attached hydrogens (tertiary/aromatic N) is 1. The Labute approximate surface area is 172 Å². The maximum atomic E-state index is 13.1. The van der Waals surface area contributed by atoms with Crippen LogP contribution in [0.5, 0.6) is 11.5 Å². The van der Waals surface area contributed by atoms with Gasteiger partial charge in [-0.05, 0) is 59.1 Å². The molecule has 0 fully saturated rings. The molecular formula is C19H21BrN2O5S. The van der Waals surface area contributed by atoms with Crippen molar-refractivity contribution in [2.24, 2.45) is 0 Å². The van der Waals surface area contributed by atoms with E-state index in [1.54, 1.807) is 29.2 Å². The molecule has 0 saturated carbocycles. The summed E-state index contributed by atoms with van der Waals surface area (Å²) < 4.78 is 39.6. The zero-order chi connectivity index (χ0) is 20.6. The maximum Gasteiger partial charge on any atom is 0.263 e. The molecule has 1 amide bonds. The maximum absolute atomic E-state index is 13.1. The molecule has 1 unspecified atom stereocenters. The second-order valence-corrected chi connectivity index (χ2v) is 9.03. The topological polar surface area (TPSA) is 84.9 Å². The van der Waals surface area contributed by atoms with E-state index in [0.29, 0.717) is 28.1 Å². The van der Waals surface area contributed by atoms with Crippen molar-refractivity contribution in [2.45, 2.75) is 31.2 Å². The van der Waals surface area contributed by atoms with E-state index in [4.69, 9.17) is 9.47 Å². The van der Waals surface area contributed by atoms with E-state index < -0.39 is 10.0 Å². The lowest BCUT2D eigenvalue weighted by atomic mass is 10.1. The average molecular weight is 469 g/mol. The van der Waals surface area contributed by atoms with E-state index in [0.717, 1.165) is 5.56 Å². The highest BCUT2D eigenvalue weighted by molar-refractivity contribution is 9.10. The Bertz CT molecular complexity index is 1040. The summed E-state index contributed by atoms with van der Waals surface area (Å²) >= 11 is 3.36. The van der Waals surface area contributed by atoms with Gasteiger partial charge in [-0.1, -0.05) is 0 Å². The van der Waals surface area contributed by atoms with Crippen LogP contribution in [0.4, 0.5) is 11.4 Å². The number of amides is 1. The van der Waals surface area contributed by atoms with Gasteiger partial charge >= 0.3 is 0 Å². The molecule has 1 aliphatic heterocycles. The number of nitrogens with one attached hydrogen (secondary N) is 1. The van der Waals surface area contributed by atoms with E-state index in [1.165, 1.54) is 27.2 Å². The number of fused-ring (bicyclic) bond motifs is 1. The third-order valence-electron chi connectivity index (χ3n) is 4.63. The van der Waals surface area contributed by atoms with Crippen LogP contribution < -0.4 is 19.1 Å². The summed E-state index contributed by atoms with van der Waals surface area (Å²) in [4.78, 5) is 13.7. The number of carbonyl (C=O) groups is 1. The Balaban J connectivity index is 2.06. The zero-order valence-electron chi connectivity index (χ0n) is 15.9. The largest absolute Gasteiger partial charge is 0.497 e. The minimum Gasteiger partial charge on any atom is -0.497 e. The lowest BCUT2D eigenvalue weighted by molar-refractivity contribution is -0.116. The number of hydrogen-bond acceptors (Lipinski definition) is 5. The molecule has 0 bridgehead atoms. The van der Waals surface area contributed by atoms with Gasteiger partial charge in [0.25, 0.3) is 10.0 Å². The summed E-state index contributed by atoms with van der Waals surface area (Å²) in [5.41, 5.74) is 1.79. The molecule has 0 aliphatic carbocycles. The van der Waals surface area contributed by atoms with E-state index in [2.05, 4.69) is 20.7 Å². The van der Waals surface area contributed by atoms with Crippen LogP contribution >= 0.6 is 15.9 Å². The monoisotopic (exact) mass is 468 g/mol. The summed E-state index contributed by atoms with van der Waals surface area (Å²) in [5, 5.41) is 0. The molecular weight excluding hydrogens is 448 g/mol. The van der Waals surface area contributed by atoms with Gasteiger partial charge in [-0.2, -0.15) is 0 Å². The summed E-state index contributed by atoms with van der Waals surface area (Å²) in [6, 6.07) is 8.10. The smallest absolute Gasteiger partial charge is 0.263 e. The fourth-order valence-electron chi connectivity index (χ4n) is 3.40. The van der Waals surface area contributed by atoms with Gasteiger partial charge in [0.1, 0.15) is 16.4 Å². The van der Waals surface area contributed by atoms with Gasteiger partial charge in [0.2, 0.25) is 5.91 Å². The van der Waals surface area contributed by atoms with Crippen molar-refractivity contribution in [3.8, 4) is 11.5 Å². The predicted octanol–water partition coefficient (Wildman–Crippen LogP) is 3.56. The van der Waals surface area contributed by atoms with Crippen molar-refractivity contribution in [1.29, 1.82) is 0 Å². The molecule has 7 nitrogen and oxygen atoms in total. The van der Waals surface area contributed by atoms with Crippen LogP contribution in [0, 0.1) is 0 Å². The molecule has 3 rings (SSSR count). The van der Waals surface area contributed by atoms with Crippen LogP contribution in [0.3, 0.4) is 0 Å². The van der Waals surface area contributed by atoms with Crippen LogP contribution in [0.15, 0.2) is 39.7 Å². The fraction of sp³-hybridized carbons (Fsp3) is 0.316. The van der Waals surface area contributed by atoms with Gasteiger partial charge in [0, 0.05) is 29.2 Å². The van der Waals surface area contributed by atoms with Crippen LogP contribution in [0.25, 0.3) is 0 Å². The molecule has 1 N–H and O–H groups in total. The average Bonchev–Trinajstić information content (AvgIpc) is 2.95. The lowest BCUT2D eigenvalue weighted by Crippen LogP contribution is -2.33. The van der Waals surface area contributed by atoms with Crippen LogP contribution in [-0.2, 0) is 21.2 Å². The second kappa shape index (κ2) is 7.63. The third-order valence-corrected chi connectivity index (χ3v) is 6.95. The Morgan fingerprint density at radius 1 is 1.21 bits per heavy atom. The van der Waals surface area contributed by atoms with Gasteiger partial charge < -0.3 is 14.4 Å². The molecule has 2 aromatic carbocycles. The van der Waals surface area contributed by atoms with Gasteiger partial charge in [-0.3, -0.25) is 9.52 Å². The molecule has 9 heteroatoms. The molecule has 1 aliphatic rings. The predicted molar refractivity (Wildman–Crippen MR) is 111 cm³/mol. The van der Waals surface area contributed by atoms with Crippen LogP contribution in [0.1, 0.15) is 19.4 Å². The number of sulfonamides is 1. The number of benzene rings is 2. The number of methoxy groups -OCH3 is 2. The van der Waals surface area contributed by atoms with E-state index in [9.17, 15) is 13.2 Å². The minimum atomic E-state index is -3.96. The second-order valence-electron chi connectivity index (χ2n) is 6.53. The normalized spacial score (nSPS) is 15.9. The number of anilines is 2. The molecule has 0 radical (unpaired) electrons. The Morgan fingerprint density at radius 3 is 2.54 bits per heavy atom. The summed E-state index contributed by atoms with van der Waals surface area (Å²) in [6.07, 6.45) is 0.672. The van der Waals surface area contributed by atoms with E-state index >= 15 is 0 Å². The standard InChI is InChI=1S/C19H21BrN2O5S/c1-11-7-13-8-15(20)19(10-17(13)22(11)12(2)23)28(24,25)21-16-9-14(26-3)5-6-18(16)27-4/h5-6,8-11,21H,7H2,1-4H3. The molecule has 0 spiro atoms. The lowest BCUT2D eigenvalue weighted by Gasteiger charge is -2.21. The third kappa shape index (κ3) is 3.68. The van der Waals surface area contributed by atoms with Gasteiger partial charge in [0.05, 0.1) is 19.9 Å². The Kier molecular flexibility index (Phi) is 5.58. The quantitative estimate of drug-likeness (QED) is 0.724. The van der Waals surface area contributed by atoms with Crippen molar-refractivity contribution in [3.05, 3.63) is 40.4 Å². The van der Waals surface area contributed by atoms with Crippen molar-refractivity contribution < 1.29 is 22.7 Å². The van der Waals surface area contributed by atoms with Crippen molar-refractivity contribution in [1.82, 2.24) is 0 Å². The van der Waals surface area contributed by atoms with Gasteiger partial charge in [-0.15, -0.1) is 0 Å². The van der Waals surface area contributed by atoms with Crippen LogP contribution in [0.2, 0.25) is 0 Å². The molecule has 2 aromatic rings. The Morgan fingerprint density at radius 2 is 1.93 bits per heavy atom. The first kappa shape index (κ1) is 20.5. The first-order valence-electron chi connectivity index (χ1n) is 8.55. The molecule has 1 atom stereocenters. The molecule has 0 saturated heterocycles. The summed E-state index contributed by atoms with van der Waals surface area (Å²) in [6.45, 7) is 3.41. The first-order chi connectivity index (χ1) is 13.2. The van der Waals surface area contributed by atoms with Gasteiger partial charge in [0.15, 0.2) is 0 Å². The highest BCUT2D eigenvalue weighted by Gasteiger charge is 2.32.